The Bertz CT molecular complexity index is 1060. The molecule has 0 saturated carbocycles. The lowest BCUT2D eigenvalue weighted by molar-refractivity contribution is -0.130. The molecule has 0 aliphatic rings. The minimum Gasteiger partial charge on any atom is -0.394 e. The van der Waals surface area contributed by atoms with Gasteiger partial charge in [-0.1, -0.05) is 54.6 Å². The van der Waals surface area contributed by atoms with Gasteiger partial charge in [-0.15, -0.1) is 0 Å². The van der Waals surface area contributed by atoms with Crippen LogP contribution in [-0.2, 0) is 31.9 Å². The summed E-state index contributed by atoms with van der Waals surface area (Å²) in [7, 11) is -3.94. The van der Waals surface area contributed by atoms with Crippen LogP contribution in [0.15, 0.2) is 54.6 Å². The van der Waals surface area contributed by atoms with Crippen LogP contribution in [-0.4, -0.2) is 56.4 Å². The zero-order chi connectivity index (χ0) is 24.4. The van der Waals surface area contributed by atoms with Crippen molar-refractivity contribution < 1.29 is 23.1 Å². The zero-order valence-corrected chi connectivity index (χ0v) is 18.6. The summed E-state index contributed by atoms with van der Waals surface area (Å²) in [6.45, 7) is -0.909. The van der Waals surface area contributed by atoms with Crippen molar-refractivity contribution in [3.63, 3.8) is 0 Å². The Labute approximate surface area is 192 Å². The first-order valence-electron chi connectivity index (χ1n) is 10.0. The summed E-state index contributed by atoms with van der Waals surface area (Å²) >= 11 is 0. The lowest BCUT2D eigenvalue weighted by Crippen LogP contribution is -2.57. The highest BCUT2D eigenvalue weighted by atomic mass is 32.2. The van der Waals surface area contributed by atoms with E-state index in [9.17, 15) is 23.1 Å². The number of nitrogens with two attached hydrogens (primary N) is 2. The molecule has 0 heterocycles. The summed E-state index contributed by atoms with van der Waals surface area (Å²) in [6, 6.07) is 12.4. The second-order valence-corrected chi connectivity index (χ2v) is 8.98. The number of carbonyl (C=O) groups excluding carboxylic acids is 2. The molecule has 0 aliphatic heterocycles. The van der Waals surface area contributed by atoms with E-state index in [4.69, 9.17) is 16.9 Å². The molecule has 0 fully saturated rings. The molecule has 0 aromatic heterocycles. The van der Waals surface area contributed by atoms with Crippen LogP contribution in [0.3, 0.4) is 0 Å². The van der Waals surface area contributed by atoms with E-state index in [-0.39, 0.29) is 24.7 Å². The number of benzene rings is 2. The molecule has 12 heteroatoms. The maximum atomic E-state index is 12.5. The van der Waals surface area contributed by atoms with Gasteiger partial charge in [-0.25, -0.2) is 13.1 Å². The van der Waals surface area contributed by atoms with Crippen LogP contribution in [0.25, 0.3) is 0 Å². The van der Waals surface area contributed by atoms with E-state index in [1.807, 2.05) is 0 Å². The van der Waals surface area contributed by atoms with Gasteiger partial charge >= 0.3 is 0 Å². The van der Waals surface area contributed by atoms with Crippen molar-refractivity contribution in [3.8, 4) is 0 Å². The number of aliphatic hydroxyl groups is 1. The van der Waals surface area contributed by atoms with E-state index in [0.717, 1.165) is 5.56 Å². The molecule has 178 valence electrons. The third kappa shape index (κ3) is 8.27. The molecule has 0 radical (unpaired) electrons. The van der Waals surface area contributed by atoms with Gasteiger partial charge in [0.2, 0.25) is 21.8 Å². The number of hydrogen-bond donors (Lipinski definition) is 7. The molecule has 0 aliphatic carbocycles. The van der Waals surface area contributed by atoms with Gasteiger partial charge in [0.25, 0.3) is 0 Å². The molecule has 2 atom stereocenters. The van der Waals surface area contributed by atoms with E-state index >= 15 is 0 Å². The highest BCUT2D eigenvalue weighted by Crippen LogP contribution is 2.06. The van der Waals surface area contributed by atoms with Crippen LogP contribution in [0.5, 0.6) is 0 Å². The van der Waals surface area contributed by atoms with Crippen molar-refractivity contribution in [2.24, 2.45) is 11.5 Å². The summed E-state index contributed by atoms with van der Waals surface area (Å²) in [5.74, 6) is -1.91. The quantitative estimate of drug-likeness (QED) is 0.143. The first kappa shape index (κ1) is 25.9. The monoisotopic (exact) mass is 476 g/mol. The summed E-state index contributed by atoms with van der Waals surface area (Å²) in [4.78, 5) is 24.9. The molecule has 0 saturated heterocycles. The second kappa shape index (κ2) is 12.1. The highest BCUT2D eigenvalue weighted by molar-refractivity contribution is 7.88. The average molecular weight is 477 g/mol. The standard InChI is InChI=1S/C21H28N6O5S/c22-10-17(20(29)25-11-14-6-8-16(9-7-14)19(23)24)26-21(30)18(12-28)27-33(31,32)13-15-4-2-1-3-5-15/h1-9,17-18,27-28H,10-13,22H2,(H3,23,24)(H,25,29)(H,26,30)/t17-,18+/m0/s1. The maximum Gasteiger partial charge on any atom is 0.244 e. The van der Waals surface area contributed by atoms with Gasteiger partial charge < -0.3 is 27.2 Å². The van der Waals surface area contributed by atoms with E-state index in [2.05, 4.69) is 15.4 Å². The molecule has 0 spiro atoms. The Balaban J connectivity index is 1.93. The molecule has 2 aromatic carbocycles. The predicted molar refractivity (Wildman–Crippen MR) is 123 cm³/mol. The van der Waals surface area contributed by atoms with Gasteiger partial charge in [0.05, 0.1) is 12.4 Å². The fourth-order valence-electron chi connectivity index (χ4n) is 2.84. The van der Waals surface area contributed by atoms with Crippen LogP contribution >= 0.6 is 0 Å². The van der Waals surface area contributed by atoms with Crippen LogP contribution in [0, 0.1) is 5.41 Å². The number of amidine groups is 1. The van der Waals surface area contributed by atoms with Gasteiger partial charge in [-0.05, 0) is 11.1 Å². The Morgan fingerprint density at radius 2 is 1.61 bits per heavy atom. The molecule has 11 nitrogen and oxygen atoms in total. The Morgan fingerprint density at radius 1 is 0.970 bits per heavy atom. The Hall–Kier alpha value is -3.32. The zero-order valence-electron chi connectivity index (χ0n) is 17.8. The Morgan fingerprint density at radius 3 is 2.15 bits per heavy atom. The number of amides is 2. The second-order valence-electron chi connectivity index (χ2n) is 7.22. The summed E-state index contributed by atoms with van der Waals surface area (Å²) in [5.41, 5.74) is 12.8. The highest BCUT2D eigenvalue weighted by Gasteiger charge is 2.27. The molecule has 2 rings (SSSR count). The molecule has 9 N–H and O–H groups in total. The number of aliphatic hydroxyl groups excluding tert-OH is 1. The largest absolute Gasteiger partial charge is 0.394 e. The van der Waals surface area contributed by atoms with Gasteiger partial charge in [0, 0.05) is 18.7 Å². The van der Waals surface area contributed by atoms with E-state index in [1.165, 1.54) is 0 Å². The first-order valence-corrected chi connectivity index (χ1v) is 11.7. The van der Waals surface area contributed by atoms with E-state index < -0.39 is 40.5 Å². The predicted octanol–water partition coefficient (Wildman–Crippen LogP) is -1.49. The number of carbonyl (C=O) groups is 2. The fourth-order valence-corrected chi connectivity index (χ4v) is 4.17. The van der Waals surface area contributed by atoms with Crippen LogP contribution in [0.4, 0.5) is 0 Å². The first-order chi connectivity index (χ1) is 15.6. The molecule has 0 unspecified atom stereocenters. The maximum absolute atomic E-state index is 12.5. The van der Waals surface area contributed by atoms with Crippen molar-refractivity contribution in [2.45, 2.75) is 24.4 Å². The van der Waals surface area contributed by atoms with Crippen molar-refractivity contribution >= 4 is 27.7 Å². The third-order valence-electron chi connectivity index (χ3n) is 4.62. The summed E-state index contributed by atoms with van der Waals surface area (Å²) < 4.78 is 26.9. The minimum atomic E-state index is -3.94. The van der Waals surface area contributed by atoms with Crippen LogP contribution < -0.4 is 26.8 Å². The molecule has 2 amide bonds. The van der Waals surface area contributed by atoms with Gasteiger partial charge in [0.15, 0.2) is 0 Å². The molecule has 2 aromatic rings. The average Bonchev–Trinajstić information content (AvgIpc) is 2.79. The summed E-state index contributed by atoms with van der Waals surface area (Å²) in [5, 5.41) is 21.9. The Kier molecular flexibility index (Phi) is 9.48. The van der Waals surface area contributed by atoms with Crippen molar-refractivity contribution in [1.82, 2.24) is 15.4 Å². The SMILES string of the molecule is N=C(N)c1ccc(CNC(=O)[C@H](CN)NC(=O)[C@@H](CO)NS(=O)(=O)Cc2ccccc2)cc1. The number of sulfonamides is 1. The fraction of sp³-hybridized carbons (Fsp3) is 0.286. The van der Waals surface area contributed by atoms with Crippen LogP contribution in [0.2, 0.25) is 0 Å². The van der Waals surface area contributed by atoms with Gasteiger partial charge in [-0.2, -0.15) is 0 Å². The summed E-state index contributed by atoms with van der Waals surface area (Å²) in [6.07, 6.45) is 0. The topological polar surface area (TPSA) is 200 Å². The van der Waals surface area contributed by atoms with Crippen molar-refractivity contribution in [1.29, 1.82) is 5.41 Å². The van der Waals surface area contributed by atoms with Gasteiger partial charge in [0.1, 0.15) is 17.9 Å². The normalized spacial score (nSPS) is 13.0. The lowest BCUT2D eigenvalue weighted by atomic mass is 10.1. The smallest absolute Gasteiger partial charge is 0.244 e. The number of nitrogen functional groups attached to an aromatic ring is 1. The van der Waals surface area contributed by atoms with E-state index in [1.54, 1.807) is 54.6 Å². The number of rotatable bonds is 12. The molecular weight excluding hydrogens is 448 g/mol. The lowest BCUT2D eigenvalue weighted by Gasteiger charge is -2.21. The van der Waals surface area contributed by atoms with Crippen molar-refractivity contribution in [2.75, 3.05) is 13.2 Å². The van der Waals surface area contributed by atoms with Gasteiger partial charge in [-0.3, -0.25) is 15.0 Å². The minimum absolute atomic E-state index is 0.0747. The molecule has 0 bridgehead atoms. The van der Waals surface area contributed by atoms with E-state index in [0.29, 0.717) is 11.1 Å². The molecule has 33 heavy (non-hydrogen) atoms. The third-order valence-corrected chi connectivity index (χ3v) is 5.98. The number of hydrogen-bond acceptors (Lipinski definition) is 7. The van der Waals surface area contributed by atoms with Crippen LogP contribution in [0.1, 0.15) is 16.7 Å². The van der Waals surface area contributed by atoms with Crippen molar-refractivity contribution in [3.05, 3.63) is 71.3 Å². The number of nitrogens with one attached hydrogen (secondary N) is 4. The molecular formula is C21H28N6O5S.